The molecule has 7 nitrogen and oxygen atoms in total. The second kappa shape index (κ2) is 6.33. The maximum atomic E-state index is 11.3. The summed E-state index contributed by atoms with van der Waals surface area (Å²) in [7, 11) is 0. The number of aromatic amines is 1. The number of primary amides is 1. The molecule has 1 amide bonds. The van der Waals surface area contributed by atoms with Crippen LogP contribution in [0.5, 0.6) is 0 Å². The topological polar surface area (TPSA) is 122 Å². The van der Waals surface area contributed by atoms with Crippen molar-refractivity contribution in [1.82, 2.24) is 15.4 Å². The number of rotatable bonds is 5. The van der Waals surface area contributed by atoms with Gasteiger partial charge in [0, 0.05) is 5.56 Å². The molecule has 0 unspecified atom stereocenters. The Bertz CT molecular complexity index is 900. The number of aromatic nitrogens is 3. The number of hydrogen-bond acceptors (Lipinski definition) is 4. The molecule has 0 aliphatic heterocycles. The molecule has 0 spiro atoms. The second-order valence-corrected chi connectivity index (χ2v) is 5.19. The maximum Gasteiger partial charge on any atom is 0.307 e. The minimum Gasteiger partial charge on any atom is -0.481 e. The van der Waals surface area contributed by atoms with Gasteiger partial charge in [0.25, 0.3) is 5.91 Å². The molecule has 0 saturated heterocycles. The Labute approximate surface area is 137 Å². The highest BCUT2D eigenvalue weighted by atomic mass is 16.4. The monoisotopic (exact) mass is 322 g/mol. The average Bonchev–Trinajstić information content (AvgIpc) is 3.05. The summed E-state index contributed by atoms with van der Waals surface area (Å²) in [6.07, 6.45) is -0.0486. The van der Waals surface area contributed by atoms with Crippen LogP contribution >= 0.6 is 0 Å². The Balaban J connectivity index is 1.97. The zero-order valence-corrected chi connectivity index (χ0v) is 12.6. The molecule has 24 heavy (non-hydrogen) atoms. The molecule has 2 aromatic carbocycles. The third-order valence-corrected chi connectivity index (χ3v) is 3.61. The van der Waals surface area contributed by atoms with Crippen LogP contribution in [0.1, 0.15) is 16.1 Å². The van der Waals surface area contributed by atoms with Crippen LogP contribution in [0.3, 0.4) is 0 Å². The molecule has 0 saturated carbocycles. The van der Waals surface area contributed by atoms with E-state index in [9.17, 15) is 9.59 Å². The van der Waals surface area contributed by atoms with E-state index in [1.54, 1.807) is 18.2 Å². The van der Waals surface area contributed by atoms with Crippen LogP contribution in [0.25, 0.3) is 22.4 Å². The van der Waals surface area contributed by atoms with Gasteiger partial charge in [-0.15, -0.1) is 0 Å². The Kier molecular flexibility index (Phi) is 4.07. The number of hydrogen-bond donors (Lipinski definition) is 3. The van der Waals surface area contributed by atoms with E-state index in [1.165, 1.54) is 0 Å². The van der Waals surface area contributed by atoms with E-state index in [0.29, 0.717) is 11.3 Å². The lowest BCUT2D eigenvalue weighted by Crippen LogP contribution is -2.12. The lowest BCUT2D eigenvalue weighted by atomic mass is 9.96. The minimum absolute atomic E-state index is 0.0486. The highest BCUT2D eigenvalue weighted by molar-refractivity contribution is 5.96. The largest absolute Gasteiger partial charge is 0.481 e. The molecule has 0 aliphatic carbocycles. The highest BCUT2D eigenvalue weighted by Gasteiger charge is 2.15. The van der Waals surface area contributed by atoms with Gasteiger partial charge in [0.1, 0.15) is 5.69 Å². The SMILES string of the molecule is NC(=O)c1n[nH]nc1-c1ccc(-c2ccccc2CC(=O)O)cc1. The lowest BCUT2D eigenvalue weighted by molar-refractivity contribution is -0.136. The van der Waals surface area contributed by atoms with Crippen molar-refractivity contribution < 1.29 is 14.7 Å². The van der Waals surface area contributed by atoms with Crippen LogP contribution in [-0.2, 0) is 11.2 Å². The number of carboxylic acid groups (broad SMARTS) is 1. The molecule has 0 aliphatic rings. The van der Waals surface area contributed by atoms with Gasteiger partial charge in [-0.1, -0.05) is 48.5 Å². The normalized spacial score (nSPS) is 10.5. The van der Waals surface area contributed by atoms with Gasteiger partial charge in [-0.2, -0.15) is 15.4 Å². The molecule has 0 bridgehead atoms. The van der Waals surface area contributed by atoms with Gasteiger partial charge in [-0.25, -0.2) is 0 Å². The highest BCUT2D eigenvalue weighted by Crippen LogP contribution is 2.27. The second-order valence-electron chi connectivity index (χ2n) is 5.19. The quantitative estimate of drug-likeness (QED) is 0.662. The standard InChI is InChI=1S/C17H14N4O3/c18-17(24)16-15(19-21-20-16)11-7-5-10(6-8-11)13-4-2-1-3-12(13)9-14(22)23/h1-8H,9H2,(H2,18,24)(H,22,23)(H,19,20,21). The summed E-state index contributed by atoms with van der Waals surface area (Å²) >= 11 is 0. The number of amides is 1. The van der Waals surface area contributed by atoms with Crippen molar-refractivity contribution in [3.8, 4) is 22.4 Å². The smallest absolute Gasteiger partial charge is 0.307 e. The predicted molar refractivity (Wildman–Crippen MR) is 87.1 cm³/mol. The van der Waals surface area contributed by atoms with Gasteiger partial charge >= 0.3 is 5.97 Å². The summed E-state index contributed by atoms with van der Waals surface area (Å²) in [5.41, 5.74) is 8.88. The van der Waals surface area contributed by atoms with Gasteiger partial charge in [-0.3, -0.25) is 9.59 Å². The summed E-state index contributed by atoms with van der Waals surface area (Å²) in [6.45, 7) is 0. The van der Waals surface area contributed by atoms with Crippen LogP contribution in [0.15, 0.2) is 48.5 Å². The molecule has 0 fully saturated rings. The molecule has 120 valence electrons. The van der Waals surface area contributed by atoms with Crippen molar-refractivity contribution >= 4 is 11.9 Å². The first-order valence-corrected chi connectivity index (χ1v) is 7.17. The van der Waals surface area contributed by atoms with Crippen LogP contribution in [0.4, 0.5) is 0 Å². The van der Waals surface area contributed by atoms with E-state index in [-0.39, 0.29) is 12.1 Å². The fraction of sp³-hybridized carbons (Fsp3) is 0.0588. The maximum absolute atomic E-state index is 11.3. The molecule has 0 atom stereocenters. The first-order chi connectivity index (χ1) is 11.6. The van der Waals surface area contributed by atoms with Crippen LogP contribution < -0.4 is 5.73 Å². The zero-order chi connectivity index (χ0) is 17.1. The molecule has 1 heterocycles. The molecule has 7 heteroatoms. The molecule has 4 N–H and O–H groups in total. The lowest BCUT2D eigenvalue weighted by Gasteiger charge is -2.08. The number of nitrogens with one attached hydrogen (secondary N) is 1. The third kappa shape index (κ3) is 3.00. The summed E-state index contributed by atoms with van der Waals surface area (Å²) < 4.78 is 0. The molecule has 1 aromatic heterocycles. The summed E-state index contributed by atoms with van der Waals surface area (Å²) in [4.78, 5) is 22.3. The van der Waals surface area contributed by atoms with Crippen LogP contribution in [0, 0.1) is 0 Å². The Morgan fingerprint density at radius 3 is 2.33 bits per heavy atom. The summed E-state index contributed by atoms with van der Waals surface area (Å²) in [5.74, 6) is -1.54. The van der Waals surface area contributed by atoms with Crippen molar-refractivity contribution in [3.05, 3.63) is 59.8 Å². The van der Waals surface area contributed by atoms with Crippen molar-refractivity contribution in [3.63, 3.8) is 0 Å². The van der Waals surface area contributed by atoms with Gasteiger partial charge in [0.2, 0.25) is 0 Å². The van der Waals surface area contributed by atoms with Crippen molar-refractivity contribution in [2.45, 2.75) is 6.42 Å². The molecular formula is C17H14N4O3. The van der Waals surface area contributed by atoms with E-state index in [4.69, 9.17) is 10.8 Å². The first-order valence-electron chi connectivity index (χ1n) is 7.17. The molecule has 0 radical (unpaired) electrons. The van der Waals surface area contributed by atoms with Crippen LogP contribution in [0.2, 0.25) is 0 Å². The molecule has 3 rings (SSSR count). The number of carbonyl (C=O) groups excluding carboxylic acids is 1. The Hall–Kier alpha value is -3.48. The Morgan fingerprint density at radius 1 is 1.00 bits per heavy atom. The van der Waals surface area contributed by atoms with E-state index in [0.717, 1.165) is 16.7 Å². The number of aliphatic carboxylic acids is 1. The number of H-pyrrole nitrogens is 1. The van der Waals surface area contributed by atoms with Crippen molar-refractivity contribution in [2.75, 3.05) is 0 Å². The predicted octanol–water partition coefficient (Wildman–Crippen LogP) is 1.86. The van der Waals surface area contributed by atoms with E-state index in [2.05, 4.69) is 15.4 Å². The van der Waals surface area contributed by atoms with Crippen molar-refractivity contribution in [1.29, 1.82) is 0 Å². The first kappa shape index (κ1) is 15.4. The number of benzene rings is 2. The average molecular weight is 322 g/mol. The number of nitrogens with two attached hydrogens (primary N) is 1. The van der Waals surface area contributed by atoms with E-state index >= 15 is 0 Å². The van der Waals surface area contributed by atoms with Gasteiger partial charge in [0.05, 0.1) is 6.42 Å². The van der Waals surface area contributed by atoms with Gasteiger partial charge in [0.15, 0.2) is 5.69 Å². The Morgan fingerprint density at radius 2 is 1.67 bits per heavy atom. The minimum atomic E-state index is -0.882. The fourth-order valence-electron chi connectivity index (χ4n) is 2.53. The molecular weight excluding hydrogens is 308 g/mol. The number of nitrogens with zero attached hydrogens (tertiary/aromatic N) is 2. The third-order valence-electron chi connectivity index (χ3n) is 3.61. The number of carboxylic acids is 1. The van der Waals surface area contributed by atoms with Crippen molar-refractivity contribution in [2.24, 2.45) is 5.73 Å². The van der Waals surface area contributed by atoms with Crippen LogP contribution in [-0.4, -0.2) is 32.4 Å². The van der Waals surface area contributed by atoms with E-state index < -0.39 is 11.9 Å². The zero-order valence-electron chi connectivity index (χ0n) is 12.6. The molecule has 3 aromatic rings. The number of carbonyl (C=O) groups is 2. The van der Waals surface area contributed by atoms with E-state index in [1.807, 2.05) is 30.3 Å². The van der Waals surface area contributed by atoms with Gasteiger partial charge in [-0.05, 0) is 16.7 Å². The fourth-order valence-corrected chi connectivity index (χ4v) is 2.53. The summed E-state index contributed by atoms with van der Waals surface area (Å²) in [5, 5.41) is 19.1. The summed E-state index contributed by atoms with van der Waals surface area (Å²) in [6, 6.07) is 14.6. The van der Waals surface area contributed by atoms with Gasteiger partial charge < -0.3 is 10.8 Å².